The van der Waals surface area contributed by atoms with Crippen molar-refractivity contribution in [1.29, 1.82) is 0 Å². The number of benzene rings is 2. The van der Waals surface area contributed by atoms with E-state index in [1.165, 1.54) is 18.4 Å². The van der Waals surface area contributed by atoms with Gasteiger partial charge in [-0.05, 0) is 54.4 Å². The summed E-state index contributed by atoms with van der Waals surface area (Å²) < 4.78 is 14.5. The molecule has 0 atom stereocenters. The lowest BCUT2D eigenvalue weighted by Crippen LogP contribution is -2.12. The molecular weight excluding hydrogens is 259 g/mol. The Labute approximate surface area is 127 Å². The van der Waals surface area contributed by atoms with Gasteiger partial charge in [0.05, 0.1) is 0 Å². The second kappa shape index (κ2) is 6.01. The topological polar surface area (TPSA) is 0 Å². The van der Waals surface area contributed by atoms with E-state index in [9.17, 15) is 4.39 Å². The molecule has 21 heavy (non-hydrogen) atoms. The van der Waals surface area contributed by atoms with Crippen molar-refractivity contribution >= 4 is 0 Å². The van der Waals surface area contributed by atoms with Crippen LogP contribution in [0.15, 0.2) is 42.5 Å². The van der Waals surface area contributed by atoms with Crippen LogP contribution in [-0.4, -0.2) is 0 Å². The van der Waals surface area contributed by atoms with Gasteiger partial charge >= 0.3 is 0 Å². The largest absolute Gasteiger partial charge is 0.207 e. The zero-order chi connectivity index (χ0) is 14.8. The van der Waals surface area contributed by atoms with E-state index in [-0.39, 0.29) is 5.82 Å². The summed E-state index contributed by atoms with van der Waals surface area (Å²) in [7, 11) is 0. The highest BCUT2D eigenvalue weighted by Gasteiger charge is 2.22. The molecule has 0 heterocycles. The van der Waals surface area contributed by atoms with E-state index < -0.39 is 0 Å². The normalized spacial score (nSPS) is 22.2. The monoisotopic (exact) mass is 282 g/mol. The van der Waals surface area contributed by atoms with Gasteiger partial charge in [0, 0.05) is 0 Å². The lowest BCUT2D eigenvalue weighted by molar-refractivity contribution is 0.342. The minimum atomic E-state index is -0.0346. The Morgan fingerprint density at radius 3 is 2.10 bits per heavy atom. The first-order valence-electron chi connectivity index (χ1n) is 8.00. The van der Waals surface area contributed by atoms with Crippen molar-refractivity contribution in [2.75, 3.05) is 0 Å². The van der Waals surface area contributed by atoms with Gasteiger partial charge in [0.2, 0.25) is 0 Å². The van der Waals surface area contributed by atoms with E-state index in [1.54, 1.807) is 6.07 Å². The number of aryl methyl sites for hydroxylation is 1. The van der Waals surface area contributed by atoms with Crippen LogP contribution in [0.4, 0.5) is 4.39 Å². The lowest BCUT2D eigenvalue weighted by Gasteiger charge is -2.26. The zero-order valence-corrected chi connectivity index (χ0v) is 12.9. The smallest absolute Gasteiger partial charge is 0.127 e. The summed E-state index contributed by atoms with van der Waals surface area (Å²) in [6.07, 6.45) is 4.71. The maximum absolute atomic E-state index is 14.5. The van der Waals surface area contributed by atoms with Crippen molar-refractivity contribution in [1.82, 2.24) is 0 Å². The standard InChI is InChI=1S/C20H23F/c1-14-3-7-16(8-4-14)18-11-12-19(20(21)13-18)17-9-5-15(2)6-10-17/h3-4,7-8,11-13,15,17H,5-6,9-10H2,1-2H3. The van der Waals surface area contributed by atoms with Gasteiger partial charge in [-0.25, -0.2) is 4.39 Å². The minimum absolute atomic E-state index is 0.0346. The fraction of sp³-hybridized carbons (Fsp3) is 0.400. The summed E-state index contributed by atoms with van der Waals surface area (Å²) in [6, 6.07) is 14.1. The van der Waals surface area contributed by atoms with Gasteiger partial charge in [0.15, 0.2) is 0 Å². The molecule has 1 fully saturated rings. The van der Waals surface area contributed by atoms with Gasteiger partial charge in [-0.15, -0.1) is 0 Å². The molecule has 0 nitrogen and oxygen atoms in total. The predicted octanol–water partition coefficient (Wildman–Crippen LogP) is 6.09. The van der Waals surface area contributed by atoms with E-state index in [0.29, 0.717) is 5.92 Å². The van der Waals surface area contributed by atoms with Gasteiger partial charge in [-0.2, -0.15) is 0 Å². The fourth-order valence-electron chi connectivity index (χ4n) is 3.35. The van der Waals surface area contributed by atoms with Crippen LogP contribution in [0, 0.1) is 18.7 Å². The Balaban J connectivity index is 1.84. The first kappa shape index (κ1) is 14.3. The van der Waals surface area contributed by atoms with Crippen LogP contribution >= 0.6 is 0 Å². The van der Waals surface area contributed by atoms with E-state index in [2.05, 4.69) is 44.2 Å². The zero-order valence-electron chi connectivity index (χ0n) is 12.9. The second-order valence-corrected chi connectivity index (χ2v) is 6.56. The van der Waals surface area contributed by atoms with Gasteiger partial charge in [-0.3, -0.25) is 0 Å². The molecule has 0 N–H and O–H groups in total. The Morgan fingerprint density at radius 2 is 1.48 bits per heavy atom. The van der Waals surface area contributed by atoms with Crippen LogP contribution < -0.4 is 0 Å². The summed E-state index contributed by atoms with van der Waals surface area (Å²) in [4.78, 5) is 0. The summed E-state index contributed by atoms with van der Waals surface area (Å²) >= 11 is 0. The Morgan fingerprint density at radius 1 is 0.857 bits per heavy atom. The maximum Gasteiger partial charge on any atom is 0.127 e. The first-order valence-corrected chi connectivity index (χ1v) is 8.00. The summed E-state index contributed by atoms with van der Waals surface area (Å²) in [5, 5.41) is 0. The molecule has 0 saturated heterocycles. The third-order valence-corrected chi connectivity index (χ3v) is 4.84. The highest BCUT2D eigenvalue weighted by atomic mass is 19.1. The third kappa shape index (κ3) is 3.18. The average molecular weight is 282 g/mol. The molecule has 0 aromatic heterocycles. The number of halogens is 1. The van der Waals surface area contributed by atoms with Gasteiger partial charge in [0.1, 0.15) is 5.82 Å². The van der Waals surface area contributed by atoms with Gasteiger partial charge in [-0.1, -0.05) is 61.7 Å². The molecule has 0 aliphatic heterocycles. The molecule has 1 saturated carbocycles. The van der Waals surface area contributed by atoms with Crippen LogP contribution in [0.25, 0.3) is 11.1 Å². The SMILES string of the molecule is Cc1ccc(-c2ccc(C3CCC(C)CC3)c(F)c2)cc1. The van der Waals surface area contributed by atoms with E-state index >= 15 is 0 Å². The molecule has 0 bridgehead atoms. The Bertz CT molecular complexity index is 604. The minimum Gasteiger partial charge on any atom is -0.207 e. The molecule has 0 spiro atoms. The Kier molecular flexibility index (Phi) is 4.10. The average Bonchev–Trinajstić information content (AvgIpc) is 2.49. The fourth-order valence-corrected chi connectivity index (χ4v) is 3.35. The van der Waals surface area contributed by atoms with Crippen molar-refractivity contribution < 1.29 is 4.39 Å². The summed E-state index contributed by atoms with van der Waals surface area (Å²) in [5.41, 5.74) is 4.20. The van der Waals surface area contributed by atoms with E-state index in [4.69, 9.17) is 0 Å². The summed E-state index contributed by atoms with van der Waals surface area (Å²) in [5.74, 6) is 1.18. The number of hydrogen-bond acceptors (Lipinski definition) is 0. The highest BCUT2D eigenvalue weighted by molar-refractivity contribution is 5.64. The van der Waals surface area contributed by atoms with Gasteiger partial charge < -0.3 is 0 Å². The van der Waals surface area contributed by atoms with Crippen LogP contribution in [-0.2, 0) is 0 Å². The molecule has 1 aliphatic rings. The molecule has 0 radical (unpaired) electrons. The maximum atomic E-state index is 14.5. The molecule has 0 unspecified atom stereocenters. The molecule has 3 rings (SSSR count). The van der Waals surface area contributed by atoms with Crippen molar-refractivity contribution in [3.05, 3.63) is 59.4 Å². The van der Waals surface area contributed by atoms with Crippen molar-refractivity contribution in [3.63, 3.8) is 0 Å². The van der Waals surface area contributed by atoms with Crippen LogP contribution in [0.2, 0.25) is 0 Å². The lowest BCUT2D eigenvalue weighted by atomic mass is 9.79. The van der Waals surface area contributed by atoms with Crippen molar-refractivity contribution in [2.45, 2.75) is 45.4 Å². The van der Waals surface area contributed by atoms with E-state index in [0.717, 1.165) is 35.4 Å². The van der Waals surface area contributed by atoms with E-state index in [1.807, 2.05) is 6.07 Å². The van der Waals surface area contributed by atoms with Crippen LogP contribution in [0.3, 0.4) is 0 Å². The molecule has 2 aromatic rings. The molecular formula is C20H23F. The number of hydrogen-bond donors (Lipinski definition) is 0. The molecule has 1 aliphatic carbocycles. The third-order valence-electron chi connectivity index (χ3n) is 4.84. The highest BCUT2D eigenvalue weighted by Crippen LogP contribution is 2.37. The van der Waals surface area contributed by atoms with Crippen LogP contribution in [0.1, 0.15) is 49.7 Å². The summed E-state index contributed by atoms with van der Waals surface area (Å²) in [6.45, 7) is 4.37. The molecule has 2 aromatic carbocycles. The first-order chi connectivity index (χ1) is 10.1. The van der Waals surface area contributed by atoms with Gasteiger partial charge in [0.25, 0.3) is 0 Å². The number of rotatable bonds is 2. The second-order valence-electron chi connectivity index (χ2n) is 6.56. The molecule has 1 heteroatoms. The molecule has 0 amide bonds. The Hall–Kier alpha value is -1.63. The molecule has 110 valence electrons. The quantitative estimate of drug-likeness (QED) is 0.624. The van der Waals surface area contributed by atoms with Crippen LogP contribution in [0.5, 0.6) is 0 Å². The predicted molar refractivity (Wildman–Crippen MR) is 86.9 cm³/mol. The van der Waals surface area contributed by atoms with Crippen molar-refractivity contribution in [2.24, 2.45) is 5.92 Å². The van der Waals surface area contributed by atoms with Crippen molar-refractivity contribution in [3.8, 4) is 11.1 Å².